The minimum Gasteiger partial charge on any atom is -0.455 e. The highest BCUT2D eigenvalue weighted by atomic mass is 16.4. The Morgan fingerprint density at radius 3 is 2.67 bits per heavy atom. The third-order valence-corrected chi connectivity index (χ3v) is 3.58. The molecule has 100 valence electrons. The highest BCUT2D eigenvalue weighted by Crippen LogP contribution is 2.28. The molecule has 0 atom stereocenters. The highest BCUT2D eigenvalue weighted by Gasteiger charge is 2.33. The van der Waals surface area contributed by atoms with Crippen LogP contribution < -0.4 is 11.1 Å². The monoisotopic (exact) mass is 252 g/mol. The second kappa shape index (κ2) is 5.54. The van der Waals surface area contributed by atoms with E-state index in [1.807, 2.05) is 0 Å². The van der Waals surface area contributed by atoms with E-state index in [1.54, 1.807) is 12.1 Å². The van der Waals surface area contributed by atoms with Gasteiger partial charge in [0.15, 0.2) is 5.76 Å². The van der Waals surface area contributed by atoms with E-state index >= 15 is 0 Å². The topological polar surface area (TPSA) is 88.5 Å². The normalized spacial score (nSPS) is 18.6. The van der Waals surface area contributed by atoms with Crippen molar-refractivity contribution < 1.29 is 14.3 Å². The van der Waals surface area contributed by atoms with E-state index in [2.05, 4.69) is 5.32 Å². The number of nitrogens with two attached hydrogens (primary N) is 1. The number of amides is 1. The Hall–Kier alpha value is -1.33. The van der Waals surface area contributed by atoms with Crippen LogP contribution in [-0.2, 0) is 6.54 Å². The van der Waals surface area contributed by atoms with E-state index in [0.29, 0.717) is 5.76 Å². The molecular formula is C13H20N2O3. The largest absolute Gasteiger partial charge is 0.455 e. The van der Waals surface area contributed by atoms with Crippen LogP contribution in [0.1, 0.15) is 48.4 Å². The van der Waals surface area contributed by atoms with Crippen LogP contribution in [0.15, 0.2) is 16.5 Å². The molecule has 4 N–H and O–H groups in total. The molecule has 0 saturated heterocycles. The summed E-state index contributed by atoms with van der Waals surface area (Å²) in [7, 11) is 0. The van der Waals surface area contributed by atoms with E-state index in [-0.39, 0.29) is 24.8 Å². The molecule has 1 aromatic heterocycles. The summed E-state index contributed by atoms with van der Waals surface area (Å²) in [6.45, 7) is 0.252. The molecule has 0 spiro atoms. The van der Waals surface area contributed by atoms with Gasteiger partial charge in [-0.05, 0) is 25.0 Å². The van der Waals surface area contributed by atoms with Crippen molar-refractivity contribution in [3.8, 4) is 0 Å². The smallest absolute Gasteiger partial charge is 0.287 e. The third-order valence-electron chi connectivity index (χ3n) is 3.58. The molecule has 1 amide bonds. The third kappa shape index (κ3) is 2.73. The minimum atomic E-state index is -0.481. The van der Waals surface area contributed by atoms with Crippen LogP contribution in [0.2, 0.25) is 0 Å². The minimum absolute atomic E-state index is 0.0246. The molecule has 2 rings (SSSR count). The molecule has 18 heavy (non-hydrogen) atoms. The lowest BCUT2D eigenvalue weighted by molar-refractivity contribution is 0.0731. The van der Waals surface area contributed by atoms with Crippen LogP contribution in [-0.4, -0.2) is 23.2 Å². The van der Waals surface area contributed by atoms with Gasteiger partial charge in [-0.2, -0.15) is 0 Å². The average Bonchev–Trinajstić information content (AvgIpc) is 2.88. The zero-order chi connectivity index (χ0) is 13.0. The van der Waals surface area contributed by atoms with Gasteiger partial charge in [0.1, 0.15) is 5.76 Å². The Balaban J connectivity index is 2.04. The summed E-state index contributed by atoms with van der Waals surface area (Å²) in [5.41, 5.74) is 4.95. The van der Waals surface area contributed by atoms with Crippen molar-refractivity contribution in [2.75, 3.05) is 6.61 Å². The first-order valence-electron chi connectivity index (χ1n) is 6.41. The predicted molar refractivity (Wildman–Crippen MR) is 67.0 cm³/mol. The van der Waals surface area contributed by atoms with Crippen molar-refractivity contribution in [3.05, 3.63) is 23.7 Å². The Kier molecular flexibility index (Phi) is 4.04. The second-order valence-electron chi connectivity index (χ2n) is 4.92. The van der Waals surface area contributed by atoms with Crippen LogP contribution in [0, 0.1) is 0 Å². The Morgan fingerprint density at radius 1 is 1.39 bits per heavy atom. The van der Waals surface area contributed by atoms with Gasteiger partial charge in [0.2, 0.25) is 0 Å². The molecule has 5 heteroatoms. The fraction of sp³-hybridized carbons (Fsp3) is 0.615. The van der Waals surface area contributed by atoms with Crippen molar-refractivity contribution in [1.29, 1.82) is 0 Å². The molecule has 0 radical (unpaired) electrons. The van der Waals surface area contributed by atoms with Gasteiger partial charge >= 0.3 is 0 Å². The van der Waals surface area contributed by atoms with Gasteiger partial charge in [-0.1, -0.05) is 19.3 Å². The molecule has 0 bridgehead atoms. The summed E-state index contributed by atoms with van der Waals surface area (Å²) in [4.78, 5) is 12.0. The molecule has 1 fully saturated rings. The van der Waals surface area contributed by atoms with Gasteiger partial charge < -0.3 is 20.6 Å². The van der Waals surface area contributed by atoms with Crippen LogP contribution in [0.25, 0.3) is 0 Å². The molecule has 1 aliphatic carbocycles. The standard InChI is InChI=1S/C13H20N2O3/c14-8-10-4-5-11(18-10)12(17)15-13(9-16)6-2-1-3-7-13/h4-5,16H,1-3,6-9,14H2,(H,15,17). The van der Waals surface area contributed by atoms with Crippen LogP contribution >= 0.6 is 0 Å². The van der Waals surface area contributed by atoms with Crippen molar-refractivity contribution in [3.63, 3.8) is 0 Å². The van der Waals surface area contributed by atoms with Gasteiger partial charge in [-0.15, -0.1) is 0 Å². The number of rotatable bonds is 4. The molecule has 0 unspecified atom stereocenters. The average molecular weight is 252 g/mol. The van der Waals surface area contributed by atoms with Crippen LogP contribution in [0.3, 0.4) is 0 Å². The first-order chi connectivity index (χ1) is 8.69. The van der Waals surface area contributed by atoms with Crippen molar-refractivity contribution in [2.24, 2.45) is 5.73 Å². The number of nitrogens with one attached hydrogen (secondary N) is 1. The number of furan rings is 1. The number of hydrogen-bond donors (Lipinski definition) is 3. The quantitative estimate of drug-likeness (QED) is 0.750. The fourth-order valence-electron chi connectivity index (χ4n) is 2.46. The maximum atomic E-state index is 12.0. The Labute approximate surface area is 106 Å². The zero-order valence-corrected chi connectivity index (χ0v) is 10.4. The maximum absolute atomic E-state index is 12.0. The number of carbonyl (C=O) groups excluding carboxylic acids is 1. The van der Waals surface area contributed by atoms with Crippen molar-refractivity contribution in [1.82, 2.24) is 5.32 Å². The lowest BCUT2D eigenvalue weighted by atomic mass is 9.82. The first-order valence-corrected chi connectivity index (χ1v) is 6.41. The lowest BCUT2D eigenvalue weighted by Crippen LogP contribution is -2.52. The summed E-state index contributed by atoms with van der Waals surface area (Å²) >= 11 is 0. The molecule has 1 saturated carbocycles. The van der Waals surface area contributed by atoms with Crippen molar-refractivity contribution >= 4 is 5.91 Å². The highest BCUT2D eigenvalue weighted by molar-refractivity contribution is 5.92. The van der Waals surface area contributed by atoms with E-state index in [0.717, 1.165) is 32.1 Å². The van der Waals surface area contributed by atoms with Gasteiger partial charge in [-0.25, -0.2) is 0 Å². The van der Waals surface area contributed by atoms with Crippen LogP contribution in [0.5, 0.6) is 0 Å². The SMILES string of the molecule is NCc1ccc(C(=O)NC2(CO)CCCCC2)o1. The van der Waals surface area contributed by atoms with Gasteiger partial charge in [0.05, 0.1) is 18.7 Å². The van der Waals surface area contributed by atoms with Crippen LogP contribution in [0.4, 0.5) is 0 Å². The Bertz CT molecular complexity index is 408. The molecule has 1 heterocycles. The maximum Gasteiger partial charge on any atom is 0.287 e. The lowest BCUT2D eigenvalue weighted by Gasteiger charge is -2.36. The van der Waals surface area contributed by atoms with E-state index < -0.39 is 5.54 Å². The number of aliphatic hydroxyl groups is 1. The summed E-state index contributed by atoms with van der Waals surface area (Å²) in [5.74, 6) is 0.571. The summed E-state index contributed by atoms with van der Waals surface area (Å²) in [6.07, 6.45) is 4.87. The number of hydrogen-bond acceptors (Lipinski definition) is 4. The number of carbonyl (C=O) groups is 1. The summed E-state index contributed by atoms with van der Waals surface area (Å²) in [6, 6.07) is 3.31. The number of aliphatic hydroxyl groups excluding tert-OH is 1. The summed E-state index contributed by atoms with van der Waals surface area (Å²) < 4.78 is 5.31. The Morgan fingerprint density at radius 2 is 2.11 bits per heavy atom. The van der Waals surface area contributed by atoms with Gasteiger partial charge in [-0.3, -0.25) is 4.79 Å². The summed E-state index contributed by atoms with van der Waals surface area (Å²) in [5, 5.41) is 12.4. The molecule has 0 aliphatic heterocycles. The molecule has 0 aromatic carbocycles. The van der Waals surface area contributed by atoms with Crippen molar-refractivity contribution in [2.45, 2.75) is 44.2 Å². The van der Waals surface area contributed by atoms with E-state index in [4.69, 9.17) is 10.2 Å². The van der Waals surface area contributed by atoms with Gasteiger partial charge in [0.25, 0.3) is 5.91 Å². The zero-order valence-electron chi connectivity index (χ0n) is 10.4. The van der Waals surface area contributed by atoms with Gasteiger partial charge in [0, 0.05) is 0 Å². The fourth-order valence-corrected chi connectivity index (χ4v) is 2.46. The molecule has 5 nitrogen and oxygen atoms in total. The van der Waals surface area contributed by atoms with E-state index in [9.17, 15) is 9.90 Å². The van der Waals surface area contributed by atoms with E-state index in [1.165, 1.54) is 0 Å². The predicted octanol–water partition coefficient (Wildman–Crippen LogP) is 1.16. The molecular weight excluding hydrogens is 232 g/mol. The first kappa shape index (κ1) is 13.1. The molecule has 1 aromatic rings. The molecule has 1 aliphatic rings. The second-order valence-corrected chi connectivity index (χ2v) is 4.92.